The van der Waals surface area contributed by atoms with E-state index in [1.807, 2.05) is 29.6 Å². The van der Waals surface area contributed by atoms with E-state index < -0.39 is 11.9 Å². The highest BCUT2D eigenvalue weighted by atomic mass is 79.9. The number of benzene rings is 4. The van der Waals surface area contributed by atoms with Gasteiger partial charge < -0.3 is 15.9 Å². The summed E-state index contributed by atoms with van der Waals surface area (Å²) in [6.07, 6.45) is 2.92. The zero-order chi connectivity index (χ0) is 38.2. The summed E-state index contributed by atoms with van der Waals surface area (Å²) >= 11 is 21.2. The number of nitrogens with two attached hydrogens (primary N) is 1. The highest BCUT2D eigenvalue weighted by molar-refractivity contribution is 9.09. The Bertz CT molecular complexity index is 2100. The largest absolute Gasteiger partial charge is 0.478 e. The molecular weight excluding hydrogens is 822 g/mol. The number of hydrogen-bond donors (Lipinski definition) is 3. The maximum atomic E-state index is 11.2. The van der Waals surface area contributed by atoms with Crippen LogP contribution in [-0.4, -0.2) is 83.3 Å². The number of thiazole rings is 1. The Labute approximate surface area is 336 Å². The molecule has 0 saturated carbocycles. The van der Waals surface area contributed by atoms with Crippen molar-refractivity contribution in [2.24, 2.45) is 15.9 Å². The highest BCUT2D eigenvalue weighted by Gasteiger charge is 2.12. The summed E-state index contributed by atoms with van der Waals surface area (Å²) in [5, 5.41) is 33.4. The molecule has 0 bridgehead atoms. The molecule has 5 rings (SSSR count). The maximum Gasteiger partial charge on any atom is 0.336 e. The Hall–Kier alpha value is -4.93. The Balaban J connectivity index is 0.000000299. The molecule has 0 fully saturated rings. The number of carboxylic acid groups (broad SMARTS) is 2. The molecule has 4 N–H and O–H groups in total. The lowest BCUT2D eigenvalue weighted by Crippen LogP contribution is -2.27. The van der Waals surface area contributed by atoms with E-state index in [9.17, 15) is 19.5 Å². The van der Waals surface area contributed by atoms with Gasteiger partial charge in [0.2, 0.25) is 5.13 Å². The number of alkyl halides is 1. The summed E-state index contributed by atoms with van der Waals surface area (Å²) < 4.78 is 0. The van der Waals surface area contributed by atoms with Crippen LogP contribution in [0.5, 0.6) is 0 Å². The summed E-state index contributed by atoms with van der Waals surface area (Å²) in [6.45, 7) is 0. The minimum atomic E-state index is -1.000. The van der Waals surface area contributed by atoms with Crippen LogP contribution in [0, 0.1) is 0 Å². The monoisotopic (exact) mass is 851 g/mol. The number of nitrogens with zero attached hydrogens (tertiary/aromatic N) is 5. The second-order valence-electron chi connectivity index (χ2n) is 10.2. The van der Waals surface area contributed by atoms with Crippen molar-refractivity contribution >= 4 is 111 Å². The van der Waals surface area contributed by atoms with Crippen LogP contribution in [0.25, 0.3) is 11.3 Å². The molecule has 4 aromatic carbocycles. The van der Waals surface area contributed by atoms with Gasteiger partial charge in [-0.2, -0.15) is 10.2 Å². The Kier molecular flexibility index (Phi) is 18.5. The third-order valence-electron chi connectivity index (χ3n) is 6.66. The zero-order valence-corrected chi connectivity index (χ0v) is 32.9. The number of carbonyl (C=O) groups excluding carboxylic acids is 1. The van der Waals surface area contributed by atoms with E-state index in [1.165, 1.54) is 34.8 Å². The fourth-order valence-corrected chi connectivity index (χ4v) is 5.55. The van der Waals surface area contributed by atoms with Gasteiger partial charge in [-0.05, 0) is 42.5 Å². The first-order valence-electron chi connectivity index (χ1n) is 14.9. The van der Waals surface area contributed by atoms with Crippen molar-refractivity contribution in [3.8, 4) is 11.3 Å². The molecule has 1 aromatic heterocycles. The third-order valence-corrected chi connectivity index (χ3v) is 9.00. The minimum Gasteiger partial charge on any atom is -0.478 e. The molecule has 0 aliphatic heterocycles. The van der Waals surface area contributed by atoms with Crippen molar-refractivity contribution < 1.29 is 24.6 Å². The number of aromatic nitrogens is 1. The predicted molar refractivity (Wildman–Crippen MR) is 223 cm³/mol. The first-order chi connectivity index (χ1) is 24.8. The van der Waals surface area contributed by atoms with E-state index in [0.717, 1.165) is 11.3 Å². The van der Waals surface area contributed by atoms with E-state index in [1.54, 1.807) is 85.8 Å². The van der Waals surface area contributed by atoms with Gasteiger partial charge in [0.15, 0.2) is 10.9 Å². The van der Waals surface area contributed by atoms with Crippen molar-refractivity contribution in [3.63, 3.8) is 0 Å². The number of carboxylic acids is 2. The van der Waals surface area contributed by atoms with Crippen molar-refractivity contribution in [3.05, 3.63) is 140 Å². The van der Waals surface area contributed by atoms with E-state index in [4.69, 9.17) is 46.3 Å². The molecule has 53 heavy (non-hydrogen) atoms. The lowest BCUT2D eigenvalue weighted by Gasteiger charge is -2.09. The van der Waals surface area contributed by atoms with Gasteiger partial charge in [0, 0.05) is 55.2 Å². The third kappa shape index (κ3) is 13.5. The summed E-state index contributed by atoms with van der Waals surface area (Å²) in [4.78, 5) is 37.7. The molecule has 0 atom stereocenters. The number of Topliss-reactive ketones (excluding diaryl/α,β-unsaturated/α-hetero) is 1. The smallest absolute Gasteiger partial charge is 0.336 e. The number of rotatable bonds is 10. The molecule has 271 valence electrons. The lowest BCUT2D eigenvalue weighted by molar-refractivity contribution is 0.0686. The van der Waals surface area contributed by atoms with Crippen molar-refractivity contribution in [1.29, 1.82) is 0 Å². The van der Waals surface area contributed by atoms with E-state index >= 15 is 0 Å². The number of anilines is 1. The summed E-state index contributed by atoms with van der Waals surface area (Å²) in [7, 11) is 3.34. The lowest BCUT2D eigenvalue weighted by atomic mass is 10.1. The molecule has 1 heterocycles. The van der Waals surface area contributed by atoms with E-state index in [2.05, 4.69) is 31.1 Å². The van der Waals surface area contributed by atoms with Gasteiger partial charge in [0.1, 0.15) is 0 Å². The second-order valence-corrected chi connectivity index (χ2v) is 12.8. The van der Waals surface area contributed by atoms with Crippen LogP contribution in [0.3, 0.4) is 0 Å². The molecule has 11 nitrogen and oxygen atoms in total. The van der Waals surface area contributed by atoms with Crippen molar-refractivity contribution in [2.45, 2.75) is 0 Å². The molecule has 3 radical (unpaired) electrons. The molecule has 0 unspecified atom stereocenters. The van der Waals surface area contributed by atoms with Gasteiger partial charge in [-0.15, -0.1) is 11.3 Å². The SMILES string of the molecule is CN(/N=C/c1ccccc1C(=O)O)C(N)=S.CN(/N=C/c1ccccc1C(=O)O)c1nc(-c2ccccc2Cl)cs1.O=C(CBr)c1ccccc1Cl.[B]. The fourth-order valence-electron chi connectivity index (χ4n) is 3.98. The van der Waals surface area contributed by atoms with Crippen LogP contribution in [0.2, 0.25) is 10.0 Å². The van der Waals surface area contributed by atoms with Crippen LogP contribution in [0.1, 0.15) is 42.2 Å². The number of halogens is 3. The minimum absolute atomic E-state index is 0. The van der Waals surface area contributed by atoms with Crippen LogP contribution in [-0.2, 0) is 0 Å². The number of thiocarbonyl (C=S) groups is 1. The summed E-state index contributed by atoms with van der Waals surface area (Å²) in [5.41, 5.74) is 8.96. The van der Waals surface area contributed by atoms with Gasteiger partial charge in [-0.3, -0.25) is 4.79 Å². The number of carbonyl (C=O) groups is 3. The second kappa shape index (κ2) is 22.2. The quantitative estimate of drug-likeness (QED) is 0.0313. The summed E-state index contributed by atoms with van der Waals surface area (Å²) in [6, 6.07) is 27.8. The van der Waals surface area contributed by atoms with Gasteiger partial charge in [-0.1, -0.05) is 106 Å². The molecule has 0 aliphatic carbocycles. The molecule has 0 saturated heterocycles. The van der Waals surface area contributed by atoms with Gasteiger partial charge >= 0.3 is 11.9 Å². The normalized spacial score (nSPS) is 10.3. The van der Waals surface area contributed by atoms with Crippen LogP contribution in [0.4, 0.5) is 5.13 Å². The van der Waals surface area contributed by atoms with Crippen LogP contribution >= 0.6 is 62.7 Å². The van der Waals surface area contributed by atoms with Gasteiger partial charge in [0.05, 0.1) is 39.6 Å². The highest BCUT2D eigenvalue weighted by Crippen LogP contribution is 2.31. The molecule has 0 aliphatic rings. The maximum absolute atomic E-state index is 11.2. The molecule has 5 aromatic rings. The van der Waals surface area contributed by atoms with Gasteiger partial charge in [-0.25, -0.2) is 24.6 Å². The first-order valence-corrected chi connectivity index (χ1v) is 18.0. The van der Waals surface area contributed by atoms with Crippen LogP contribution < -0.4 is 10.7 Å². The van der Waals surface area contributed by atoms with Gasteiger partial charge in [0.25, 0.3) is 0 Å². The average Bonchev–Trinajstić information content (AvgIpc) is 3.64. The molecule has 0 amide bonds. The number of hydrazone groups is 2. The van der Waals surface area contributed by atoms with E-state index in [0.29, 0.717) is 37.2 Å². The molecule has 0 spiro atoms. The zero-order valence-electron chi connectivity index (χ0n) is 28.1. The summed E-state index contributed by atoms with van der Waals surface area (Å²) in [5.74, 6) is -1.98. The molecule has 17 heteroatoms. The standard InChI is InChI=1S/C18H14ClN3O2S.C10H11N3O2S.C8H6BrClO.B/c1-22(20-10-12-6-2-3-7-13(12)17(23)24)18-21-16(11-25-18)14-8-4-5-9-15(14)19;1-13(10(11)16)12-6-7-4-2-3-5-8(7)9(14)15;9-5-8(11)6-3-1-2-4-7(6)10;/h2-11H,1H3,(H,23,24);2-6H,1H3,(H2,11,16)(H,14,15);1-4H,5H2;/b20-10+;12-6+;;. The topological polar surface area (TPSA) is 162 Å². The first kappa shape index (κ1) is 44.2. The number of aromatic carboxylic acids is 2. The Morgan fingerprint density at radius 2 is 1.28 bits per heavy atom. The van der Waals surface area contributed by atoms with E-state index in [-0.39, 0.29) is 30.4 Å². The van der Waals surface area contributed by atoms with Crippen LogP contribution in [0.15, 0.2) is 113 Å². The van der Waals surface area contributed by atoms with Crippen molar-refractivity contribution in [2.75, 3.05) is 24.4 Å². The average molecular weight is 853 g/mol. The fraction of sp³-hybridized carbons (Fsp3) is 0.0833. The number of hydrogen-bond acceptors (Lipinski definition) is 9. The van der Waals surface area contributed by atoms with Crippen molar-refractivity contribution in [1.82, 2.24) is 9.99 Å². The predicted octanol–water partition coefficient (Wildman–Crippen LogP) is 8.06. The Morgan fingerprint density at radius 3 is 1.77 bits per heavy atom. The molecular formula is C36H31BBrCl2N6O5S2. The number of ketones is 1. The Morgan fingerprint density at radius 1 is 0.811 bits per heavy atom.